The summed E-state index contributed by atoms with van der Waals surface area (Å²) in [5, 5.41) is 10.9. The van der Waals surface area contributed by atoms with Crippen LogP contribution >= 0.6 is 0 Å². The van der Waals surface area contributed by atoms with Gasteiger partial charge in [0.2, 0.25) is 0 Å². The summed E-state index contributed by atoms with van der Waals surface area (Å²) in [6, 6.07) is 0.962. The SMILES string of the molecule is C1CN2CC(C3CN4CC(C5CN6CCN=C6N5)CN=C4N3)CNC2=N1. The molecule has 0 aromatic rings. The highest BCUT2D eigenvalue weighted by molar-refractivity contribution is 5.85. The van der Waals surface area contributed by atoms with Crippen molar-refractivity contribution in [2.24, 2.45) is 26.8 Å². The molecule has 9 heteroatoms. The van der Waals surface area contributed by atoms with Gasteiger partial charge < -0.3 is 30.7 Å². The number of hydrogen-bond donors (Lipinski definition) is 3. The quantitative estimate of drug-likeness (QED) is 0.519. The van der Waals surface area contributed by atoms with Crippen molar-refractivity contribution < 1.29 is 0 Å². The Morgan fingerprint density at radius 1 is 0.692 bits per heavy atom. The summed E-state index contributed by atoms with van der Waals surface area (Å²) in [5.74, 6) is 4.49. The summed E-state index contributed by atoms with van der Waals surface area (Å²) in [7, 11) is 0. The maximum absolute atomic E-state index is 4.90. The van der Waals surface area contributed by atoms with Gasteiger partial charge in [-0.1, -0.05) is 0 Å². The Balaban J connectivity index is 1.10. The fraction of sp³-hybridized carbons (Fsp3) is 0.824. The van der Waals surface area contributed by atoms with E-state index in [0.29, 0.717) is 23.9 Å². The highest BCUT2D eigenvalue weighted by atomic mass is 15.4. The Hall–Kier alpha value is -2.19. The second kappa shape index (κ2) is 5.65. The third-order valence-electron chi connectivity index (χ3n) is 6.67. The molecule has 0 aliphatic carbocycles. The second-order valence-electron chi connectivity index (χ2n) is 8.27. The third kappa shape index (κ3) is 2.32. The van der Waals surface area contributed by atoms with Gasteiger partial charge >= 0.3 is 0 Å². The van der Waals surface area contributed by atoms with E-state index in [1.54, 1.807) is 0 Å². The summed E-state index contributed by atoms with van der Waals surface area (Å²) in [4.78, 5) is 21.2. The van der Waals surface area contributed by atoms with Crippen LogP contribution in [0.3, 0.4) is 0 Å². The summed E-state index contributed by atoms with van der Waals surface area (Å²) in [6.45, 7) is 10.3. The van der Waals surface area contributed by atoms with Gasteiger partial charge in [0.05, 0.1) is 25.2 Å². The number of rotatable bonds is 2. The number of guanidine groups is 3. The second-order valence-corrected chi connectivity index (χ2v) is 8.27. The maximum atomic E-state index is 4.90. The molecule has 6 heterocycles. The Morgan fingerprint density at radius 2 is 1.35 bits per heavy atom. The van der Waals surface area contributed by atoms with Crippen LogP contribution in [0.4, 0.5) is 0 Å². The van der Waals surface area contributed by atoms with Gasteiger partial charge in [-0.25, -0.2) is 0 Å². The van der Waals surface area contributed by atoms with Crippen LogP contribution < -0.4 is 16.0 Å². The van der Waals surface area contributed by atoms with Crippen LogP contribution in [0.25, 0.3) is 0 Å². The maximum Gasteiger partial charge on any atom is 0.194 e. The molecule has 6 rings (SSSR count). The topological polar surface area (TPSA) is 82.9 Å². The Bertz CT molecular complexity index is 686. The summed E-state index contributed by atoms with van der Waals surface area (Å²) in [6.07, 6.45) is 0. The minimum absolute atomic E-state index is 0.478. The van der Waals surface area contributed by atoms with Crippen LogP contribution in [-0.2, 0) is 0 Å². The predicted octanol–water partition coefficient (Wildman–Crippen LogP) is -2.22. The summed E-state index contributed by atoms with van der Waals surface area (Å²) in [5.41, 5.74) is 0. The van der Waals surface area contributed by atoms with Crippen LogP contribution in [0.15, 0.2) is 15.0 Å². The van der Waals surface area contributed by atoms with Crippen LogP contribution in [0.1, 0.15) is 0 Å². The molecule has 140 valence electrons. The van der Waals surface area contributed by atoms with E-state index in [4.69, 9.17) is 4.99 Å². The summed E-state index contributed by atoms with van der Waals surface area (Å²) < 4.78 is 0. The molecular formula is C17H27N9. The van der Waals surface area contributed by atoms with Crippen molar-refractivity contribution in [3.05, 3.63) is 0 Å². The highest BCUT2D eigenvalue weighted by Crippen LogP contribution is 2.24. The monoisotopic (exact) mass is 357 g/mol. The van der Waals surface area contributed by atoms with Crippen molar-refractivity contribution in [2.45, 2.75) is 12.1 Å². The molecule has 4 atom stereocenters. The molecule has 0 bridgehead atoms. The van der Waals surface area contributed by atoms with E-state index in [9.17, 15) is 0 Å². The molecule has 3 fully saturated rings. The molecule has 6 aliphatic rings. The smallest absolute Gasteiger partial charge is 0.194 e. The Morgan fingerprint density at radius 3 is 2.19 bits per heavy atom. The zero-order chi connectivity index (χ0) is 17.1. The first kappa shape index (κ1) is 14.9. The molecule has 3 N–H and O–H groups in total. The van der Waals surface area contributed by atoms with Crippen molar-refractivity contribution >= 4 is 17.9 Å². The van der Waals surface area contributed by atoms with E-state index in [2.05, 4.69) is 40.6 Å². The number of aliphatic imine (C=N–C) groups is 3. The van der Waals surface area contributed by atoms with E-state index >= 15 is 0 Å². The molecule has 0 radical (unpaired) electrons. The molecule has 3 saturated heterocycles. The van der Waals surface area contributed by atoms with Gasteiger partial charge in [-0.2, -0.15) is 0 Å². The van der Waals surface area contributed by atoms with Gasteiger partial charge in [-0.3, -0.25) is 15.0 Å². The van der Waals surface area contributed by atoms with Crippen LogP contribution in [0.2, 0.25) is 0 Å². The molecule has 0 amide bonds. The molecule has 0 aromatic heterocycles. The first-order chi connectivity index (χ1) is 12.8. The van der Waals surface area contributed by atoms with Crippen molar-refractivity contribution in [2.75, 3.05) is 65.4 Å². The highest BCUT2D eigenvalue weighted by Gasteiger charge is 2.42. The molecular weight excluding hydrogens is 330 g/mol. The van der Waals surface area contributed by atoms with Crippen LogP contribution in [-0.4, -0.2) is 110 Å². The van der Waals surface area contributed by atoms with Crippen molar-refractivity contribution in [3.63, 3.8) is 0 Å². The zero-order valence-corrected chi connectivity index (χ0v) is 15.1. The Labute approximate surface area is 153 Å². The molecule has 26 heavy (non-hydrogen) atoms. The van der Waals surface area contributed by atoms with E-state index in [1.807, 2.05) is 0 Å². The number of nitrogens with one attached hydrogen (secondary N) is 3. The lowest BCUT2D eigenvalue weighted by atomic mass is 9.96. The molecule has 4 unspecified atom stereocenters. The first-order valence-electron chi connectivity index (χ1n) is 9.98. The molecule has 0 saturated carbocycles. The van der Waals surface area contributed by atoms with Crippen molar-refractivity contribution in [1.29, 1.82) is 0 Å². The molecule has 0 aromatic carbocycles. The van der Waals surface area contributed by atoms with Gasteiger partial charge in [0.15, 0.2) is 17.9 Å². The molecule has 0 spiro atoms. The molecule has 9 nitrogen and oxygen atoms in total. The van der Waals surface area contributed by atoms with Gasteiger partial charge in [-0.05, 0) is 0 Å². The fourth-order valence-corrected chi connectivity index (χ4v) is 5.18. The van der Waals surface area contributed by atoms with Gasteiger partial charge in [0.1, 0.15) is 0 Å². The normalized spacial score (nSPS) is 37.8. The minimum atomic E-state index is 0.478. The average Bonchev–Trinajstić information content (AvgIpc) is 3.41. The fourth-order valence-electron chi connectivity index (χ4n) is 5.18. The first-order valence-corrected chi connectivity index (χ1v) is 9.98. The zero-order valence-electron chi connectivity index (χ0n) is 15.1. The lowest BCUT2D eigenvalue weighted by molar-refractivity contribution is 0.243. The van der Waals surface area contributed by atoms with Crippen molar-refractivity contribution in [3.8, 4) is 0 Å². The number of nitrogens with zero attached hydrogens (tertiary/aromatic N) is 6. The van der Waals surface area contributed by atoms with E-state index in [0.717, 1.165) is 83.3 Å². The lowest BCUT2D eigenvalue weighted by Gasteiger charge is -2.35. The lowest BCUT2D eigenvalue weighted by Crippen LogP contribution is -2.55. The summed E-state index contributed by atoms with van der Waals surface area (Å²) >= 11 is 0. The number of fused-ring (bicyclic) bond motifs is 3. The third-order valence-corrected chi connectivity index (χ3v) is 6.67. The average molecular weight is 357 g/mol. The van der Waals surface area contributed by atoms with Crippen LogP contribution in [0.5, 0.6) is 0 Å². The van der Waals surface area contributed by atoms with Crippen molar-refractivity contribution in [1.82, 2.24) is 30.7 Å². The van der Waals surface area contributed by atoms with E-state index in [-0.39, 0.29) is 0 Å². The van der Waals surface area contributed by atoms with Gasteiger partial charge in [0.25, 0.3) is 0 Å². The van der Waals surface area contributed by atoms with Gasteiger partial charge in [-0.15, -0.1) is 0 Å². The number of hydrogen-bond acceptors (Lipinski definition) is 9. The predicted molar refractivity (Wildman–Crippen MR) is 100 cm³/mol. The Kier molecular flexibility index (Phi) is 3.25. The van der Waals surface area contributed by atoms with E-state index in [1.165, 1.54) is 0 Å². The minimum Gasteiger partial charge on any atom is -0.356 e. The standard InChI is InChI=1S/C17H27N9/c1-3-24-7-11(5-20-15(24)18-1)14-10-26-8-12(6-21-17(26)23-14)13-9-25-4-2-19-16(25)22-13/h11-14H,1-10H2,(H,18,20)(H,19,22)(H,21,23). The van der Waals surface area contributed by atoms with E-state index < -0.39 is 0 Å². The van der Waals surface area contributed by atoms with Crippen LogP contribution in [0, 0.1) is 11.8 Å². The van der Waals surface area contributed by atoms with Gasteiger partial charge in [0, 0.05) is 64.2 Å². The largest absolute Gasteiger partial charge is 0.356 e. The molecule has 6 aliphatic heterocycles.